The van der Waals surface area contributed by atoms with Gasteiger partial charge in [0.25, 0.3) is 0 Å². The van der Waals surface area contributed by atoms with Crippen molar-refractivity contribution in [3.8, 4) is 0 Å². The second-order valence-corrected chi connectivity index (χ2v) is 3.38. The van der Waals surface area contributed by atoms with Gasteiger partial charge in [-0.05, 0) is 13.3 Å². The van der Waals surface area contributed by atoms with Gasteiger partial charge in [0.15, 0.2) is 0 Å². The minimum atomic E-state index is -5.49. The Morgan fingerprint density at radius 3 is 1.69 bits per heavy atom. The van der Waals surface area contributed by atoms with Crippen molar-refractivity contribution in [2.45, 2.75) is 50.9 Å². The van der Waals surface area contributed by atoms with Crippen molar-refractivity contribution in [1.29, 1.82) is 0 Å². The van der Waals surface area contributed by atoms with Gasteiger partial charge in [-0.1, -0.05) is 6.92 Å². The van der Waals surface area contributed by atoms with Gasteiger partial charge < -0.3 is 10.5 Å². The van der Waals surface area contributed by atoms with Crippen LogP contribution in [0, 0.1) is 0 Å². The van der Waals surface area contributed by atoms with E-state index in [1.807, 2.05) is 0 Å². The number of rotatable bonds is 4. The topological polar surface area (TPSA) is 35.2 Å². The Bertz CT molecular complexity index is 200. The molecule has 0 spiro atoms. The molecule has 0 saturated heterocycles. The summed E-state index contributed by atoms with van der Waals surface area (Å²) in [6, 6.07) is -0.868. The number of hydrogen-bond acceptors (Lipinski definition) is 2. The van der Waals surface area contributed by atoms with Gasteiger partial charge in [0.05, 0.1) is 6.10 Å². The molecule has 0 fully saturated rings. The molecule has 2 N–H and O–H groups in total. The van der Waals surface area contributed by atoms with E-state index >= 15 is 0 Å². The first-order chi connectivity index (χ1) is 7.00. The Kier molecular flexibility index (Phi) is 5.06. The highest BCUT2D eigenvalue weighted by atomic mass is 19.4. The Morgan fingerprint density at radius 2 is 1.44 bits per heavy atom. The van der Waals surface area contributed by atoms with Crippen molar-refractivity contribution in [3.63, 3.8) is 0 Å². The molecule has 0 amide bonds. The first kappa shape index (κ1) is 15.5. The molecule has 0 radical (unpaired) electrons. The van der Waals surface area contributed by atoms with Crippen LogP contribution in [0.15, 0.2) is 0 Å². The number of alkyl halides is 6. The maximum Gasteiger partial charge on any atom is 0.423 e. The summed E-state index contributed by atoms with van der Waals surface area (Å²) >= 11 is 0. The lowest BCUT2D eigenvalue weighted by Gasteiger charge is -2.28. The summed E-state index contributed by atoms with van der Waals surface area (Å²) in [4.78, 5) is 0. The fourth-order valence-corrected chi connectivity index (χ4v) is 0.987. The fourth-order valence-electron chi connectivity index (χ4n) is 0.987. The van der Waals surface area contributed by atoms with Gasteiger partial charge in [-0.2, -0.15) is 26.3 Å². The Labute approximate surface area is 88.7 Å². The van der Waals surface area contributed by atoms with Crippen LogP contribution >= 0.6 is 0 Å². The van der Waals surface area contributed by atoms with Crippen LogP contribution in [0.4, 0.5) is 26.3 Å². The molecule has 98 valence electrons. The van der Waals surface area contributed by atoms with E-state index in [1.165, 1.54) is 0 Å². The number of hydrogen-bond donors (Lipinski definition) is 1. The molecule has 0 aliphatic heterocycles. The molecule has 0 saturated carbocycles. The zero-order chi connectivity index (χ0) is 13.1. The van der Waals surface area contributed by atoms with Crippen LogP contribution in [-0.2, 0) is 4.74 Å². The van der Waals surface area contributed by atoms with Gasteiger partial charge in [0.1, 0.15) is 0 Å². The normalized spacial score (nSPS) is 17.6. The average Bonchev–Trinajstić information content (AvgIpc) is 2.08. The van der Waals surface area contributed by atoms with Gasteiger partial charge in [-0.15, -0.1) is 0 Å². The van der Waals surface area contributed by atoms with Crippen molar-refractivity contribution in [2.24, 2.45) is 5.73 Å². The summed E-state index contributed by atoms with van der Waals surface area (Å²) in [5.41, 5.74) is 5.29. The molecule has 2 unspecified atom stereocenters. The standard InChI is InChI=1S/C8H13F6NO/c1-3-5(15)4(2)16-6(7(9,10)11)8(12,13)14/h4-6H,3,15H2,1-2H3. The zero-order valence-electron chi connectivity index (χ0n) is 8.69. The highest BCUT2D eigenvalue weighted by Crippen LogP contribution is 2.36. The largest absolute Gasteiger partial charge is 0.423 e. The summed E-state index contributed by atoms with van der Waals surface area (Å²) in [5.74, 6) is 0. The minimum absolute atomic E-state index is 0.226. The molecule has 0 aromatic rings. The molecule has 0 aliphatic rings. The van der Waals surface area contributed by atoms with Crippen LogP contribution < -0.4 is 5.73 Å². The summed E-state index contributed by atoms with van der Waals surface area (Å²) < 4.78 is 76.3. The van der Waals surface area contributed by atoms with Crippen molar-refractivity contribution >= 4 is 0 Å². The Hall–Kier alpha value is -0.500. The monoisotopic (exact) mass is 253 g/mol. The summed E-state index contributed by atoms with van der Waals surface area (Å²) in [6.45, 7) is 2.62. The predicted molar refractivity (Wildman–Crippen MR) is 44.7 cm³/mol. The molecule has 0 aromatic heterocycles. The lowest BCUT2D eigenvalue weighted by atomic mass is 10.1. The third kappa shape index (κ3) is 4.56. The van der Waals surface area contributed by atoms with Crippen molar-refractivity contribution in [2.75, 3.05) is 0 Å². The fraction of sp³-hybridized carbons (Fsp3) is 1.00. The van der Waals surface area contributed by atoms with E-state index in [9.17, 15) is 26.3 Å². The van der Waals surface area contributed by atoms with Crippen LogP contribution in [0.2, 0.25) is 0 Å². The SMILES string of the molecule is CCC(N)C(C)OC(C(F)(F)F)C(F)(F)F. The molecule has 8 heteroatoms. The first-order valence-electron chi connectivity index (χ1n) is 4.54. The Balaban J connectivity index is 4.71. The number of nitrogens with two attached hydrogens (primary N) is 1. The molecule has 0 heterocycles. The van der Waals surface area contributed by atoms with Crippen LogP contribution in [-0.4, -0.2) is 30.6 Å². The van der Waals surface area contributed by atoms with Gasteiger partial charge in [0, 0.05) is 6.04 Å². The molecule has 2 nitrogen and oxygen atoms in total. The lowest BCUT2D eigenvalue weighted by Crippen LogP contribution is -2.49. The number of halogens is 6. The van der Waals surface area contributed by atoms with Crippen LogP contribution in [0.5, 0.6) is 0 Å². The predicted octanol–water partition coefficient (Wildman–Crippen LogP) is 2.62. The van der Waals surface area contributed by atoms with Gasteiger partial charge in [0.2, 0.25) is 6.10 Å². The molecule has 16 heavy (non-hydrogen) atoms. The highest BCUT2D eigenvalue weighted by molar-refractivity contribution is 4.79. The van der Waals surface area contributed by atoms with Crippen molar-refractivity contribution in [1.82, 2.24) is 0 Å². The summed E-state index contributed by atoms with van der Waals surface area (Å²) in [6.07, 6.45) is -15.9. The quantitative estimate of drug-likeness (QED) is 0.781. The van der Waals surface area contributed by atoms with Gasteiger partial charge in [-0.25, -0.2) is 0 Å². The third-order valence-electron chi connectivity index (χ3n) is 2.02. The van der Waals surface area contributed by atoms with Crippen molar-refractivity contribution in [3.05, 3.63) is 0 Å². The molecule has 0 aromatic carbocycles. The second-order valence-electron chi connectivity index (χ2n) is 3.38. The molecule has 0 aliphatic carbocycles. The maximum absolute atomic E-state index is 12.1. The van der Waals surface area contributed by atoms with E-state index < -0.39 is 30.6 Å². The first-order valence-corrected chi connectivity index (χ1v) is 4.54. The van der Waals surface area contributed by atoms with E-state index in [0.29, 0.717) is 0 Å². The van der Waals surface area contributed by atoms with Gasteiger partial charge in [-0.3, -0.25) is 0 Å². The Morgan fingerprint density at radius 1 is 1.06 bits per heavy atom. The van der Waals surface area contributed by atoms with Crippen LogP contribution in [0.3, 0.4) is 0 Å². The van der Waals surface area contributed by atoms with E-state index in [4.69, 9.17) is 5.73 Å². The lowest BCUT2D eigenvalue weighted by molar-refractivity contribution is -0.330. The molecule has 0 bridgehead atoms. The highest BCUT2D eigenvalue weighted by Gasteiger charge is 2.58. The van der Waals surface area contributed by atoms with E-state index in [1.54, 1.807) is 6.92 Å². The molecule has 2 atom stereocenters. The molecular weight excluding hydrogens is 240 g/mol. The van der Waals surface area contributed by atoms with Crippen molar-refractivity contribution < 1.29 is 31.1 Å². The molecule has 0 rings (SSSR count). The van der Waals surface area contributed by atoms with Crippen LogP contribution in [0.1, 0.15) is 20.3 Å². The summed E-state index contributed by atoms with van der Waals surface area (Å²) in [5, 5.41) is 0. The second kappa shape index (κ2) is 5.22. The average molecular weight is 253 g/mol. The zero-order valence-corrected chi connectivity index (χ0v) is 8.69. The summed E-state index contributed by atoms with van der Waals surface area (Å²) in [7, 11) is 0. The minimum Gasteiger partial charge on any atom is -0.356 e. The van der Waals surface area contributed by atoms with E-state index in [2.05, 4.69) is 4.74 Å². The third-order valence-corrected chi connectivity index (χ3v) is 2.02. The van der Waals surface area contributed by atoms with Gasteiger partial charge >= 0.3 is 12.4 Å². The van der Waals surface area contributed by atoms with E-state index in [0.717, 1.165) is 6.92 Å². The number of ether oxygens (including phenoxy) is 1. The maximum atomic E-state index is 12.1. The van der Waals surface area contributed by atoms with Crippen LogP contribution in [0.25, 0.3) is 0 Å². The molecular formula is C8H13F6NO. The van der Waals surface area contributed by atoms with E-state index in [-0.39, 0.29) is 6.42 Å². The smallest absolute Gasteiger partial charge is 0.356 e.